The van der Waals surface area contributed by atoms with Crippen LogP contribution in [0, 0.1) is 13.8 Å². The molecule has 28 heavy (non-hydrogen) atoms. The maximum absolute atomic E-state index is 12.2. The van der Waals surface area contributed by atoms with Crippen molar-refractivity contribution in [2.45, 2.75) is 45.3 Å². The lowest BCUT2D eigenvalue weighted by atomic mass is 10.1. The first-order chi connectivity index (χ1) is 13.5. The van der Waals surface area contributed by atoms with Crippen LogP contribution < -0.4 is 5.32 Å². The summed E-state index contributed by atoms with van der Waals surface area (Å²) in [5.74, 6) is 0.944. The normalized spacial score (nSPS) is 12.0. The van der Waals surface area contributed by atoms with Gasteiger partial charge in [-0.3, -0.25) is 14.3 Å². The molecule has 2 heterocycles. The lowest BCUT2D eigenvalue weighted by molar-refractivity contribution is -0.119. The molecule has 1 aromatic carbocycles. The van der Waals surface area contributed by atoms with Crippen molar-refractivity contribution in [2.24, 2.45) is 0 Å². The predicted molar refractivity (Wildman–Crippen MR) is 113 cm³/mol. The summed E-state index contributed by atoms with van der Waals surface area (Å²) in [6, 6.07) is 12.2. The Bertz CT molecular complexity index is 934. The number of nitrogens with one attached hydrogen (secondary N) is 1. The molecule has 6 nitrogen and oxygen atoms in total. The molecule has 1 amide bonds. The molecule has 0 aliphatic carbocycles. The Balaban J connectivity index is 1.96. The van der Waals surface area contributed by atoms with Gasteiger partial charge in [0.05, 0.1) is 11.4 Å². The highest BCUT2D eigenvalue weighted by atomic mass is 32.2. The molecule has 0 radical (unpaired) electrons. The number of amides is 1. The van der Waals surface area contributed by atoms with Gasteiger partial charge in [0.15, 0.2) is 11.0 Å². The topological polar surface area (TPSA) is 72.7 Å². The summed E-state index contributed by atoms with van der Waals surface area (Å²) in [5.41, 5.74) is 4.01. The van der Waals surface area contributed by atoms with E-state index in [1.54, 1.807) is 6.20 Å². The van der Waals surface area contributed by atoms with E-state index < -0.39 is 0 Å². The maximum Gasteiger partial charge on any atom is 0.230 e. The van der Waals surface area contributed by atoms with Gasteiger partial charge in [-0.05, 0) is 62.6 Å². The molecule has 7 heteroatoms. The van der Waals surface area contributed by atoms with Crippen molar-refractivity contribution >= 4 is 17.7 Å². The van der Waals surface area contributed by atoms with Gasteiger partial charge in [-0.1, -0.05) is 30.8 Å². The summed E-state index contributed by atoms with van der Waals surface area (Å²) in [6.45, 7) is 8.18. The molecule has 0 fully saturated rings. The lowest BCUT2D eigenvalue weighted by Crippen LogP contribution is -2.33. The summed E-state index contributed by atoms with van der Waals surface area (Å²) < 4.78 is 1.98. The van der Waals surface area contributed by atoms with Crippen LogP contribution in [0.15, 0.2) is 47.8 Å². The van der Waals surface area contributed by atoms with Gasteiger partial charge in [-0.25, -0.2) is 0 Å². The van der Waals surface area contributed by atoms with E-state index >= 15 is 0 Å². The molecule has 2 aromatic heterocycles. The first-order valence-electron chi connectivity index (χ1n) is 9.35. The zero-order valence-electron chi connectivity index (χ0n) is 16.6. The average molecular weight is 396 g/mol. The van der Waals surface area contributed by atoms with Crippen LogP contribution in [-0.2, 0) is 4.79 Å². The van der Waals surface area contributed by atoms with Gasteiger partial charge in [0.2, 0.25) is 5.91 Å². The van der Waals surface area contributed by atoms with E-state index in [2.05, 4.69) is 52.5 Å². The summed E-state index contributed by atoms with van der Waals surface area (Å²) in [7, 11) is 0. The van der Waals surface area contributed by atoms with Crippen LogP contribution in [0.2, 0.25) is 0 Å². The third kappa shape index (κ3) is 4.78. The predicted octanol–water partition coefficient (Wildman–Crippen LogP) is 3.95. The minimum atomic E-state index is -0.00583. The number of thioether (sulfide) groups is 1. The highest BCUT2D eigenvalue weighted by Gasteiger charge is 2.18. The van der Waals surface area contributed by atoms with Crippen molar-refractivity contribution in [1.29, 1.82) is 0 Å². The van der Waals surface area contributed by atoms with Gasteiger partial charge < -0.3 is 5.32 Å². The number of pyridine rings is 1. The van der Waals surface area contributed by atoms with Crippen LogP contribution in [0.4, 0.5) is 0 Å². The van der Waals surface area contributed by atoms with Gasteiger partial charge in [-0.15, -0.1) is 10.2 Å². The number of benzene rings is 1. The zero-order valence-corrected chi connectivity index (χ0v) is 17.5. The van der Waals surface area contributed by atoms with Crippen molar-refractivity contribution in [3.8, 4) is 17.2 Å². The Morgan fingerprint density at radius 1 is 1.18 bits per heavy atom. The molecule has 0 bridgehead atoms. The molecule has 0 saturated carbocycles. The van der Waals surface area contributed by atoms with Gasteiger partial charge >= 0.3 is 0 Å². The third-order valence-electron chi connectivity index (χ3n) is 4.34. The second kappa shape index (κ2) is 9.01. The Hall–Kier alpha value is -2.67. The first kappa shape index (κ1) is 20.1. The smallest absolute Gasteiger partial charge is 0.230 e. The summed E-state index contributed by atoms with van der Waals surface area (Å²) in [5, 5.41) is 12.4. The molecular formula is C21H25N5OS. The quantitative estimate of drug-likeness (QED) is 0.613. The fourth-order valence-electron chi connectivity index (χ4n) is 2.89. The Labute approximate surface area is 169 Å². The number of carbonyl (C=O) groups excluding carboxylic acids is 1. The Morgan fingerprint density at radius 3 is 2.57 bits per heavy atom. The number of aryl methyl sites for hydroxylation is 2. The monoisotopic (exact) mass is 395 g/mol. The van der Waals surface area contributed by atoms with Crippen LogP contribution in [0.3, 0.4) is 0 Å². The van der Waals surface area contributed by atoms with Crippen LogP contribution in [0.5, 0.6) is 0 Å². The van der Waals surface area contributed by atoms with E-state index in [9.17, 15) is 4.79 Å². The average Bonchev–Trinajstić information content (AvgIpc) is 3.10. The molecule has 1 atom stereocenters. The molecule has 1 N–H and O–H groups in total. The molecule has 0 aliphatic heterocycles. The van der Waals surface area contributed by atoms with Crippen LogP contribution in [-0.4, -0.2) is 37.5 Å². The minimum absolute atomic E-state index is 0.00583. The van der Waals surface area contributed by atoms with E-state index in [0.29, 0.717) is 11.0 Å². The van der Waals surface area contributed by atoms with Gasteiger partial charge in [0.1, 0.15) is 5.69 Å². The van der Waals surface area contributed by atoms with Crippen LogP contribution in [0.1, 0.15) is 31.4 Å². The summed E-state index contributed by atoms with van der Waals surface area (Å²) >= 11 is 1.38. The van der Waals surface area contributed by atoms with Crippen molar-refractivity contribution in [3.63, 3.8) is 0 Å². The van der Waals surface area contributed by atoms with E-state index in [-0.39, 0.29) is 17.7 Å². The Kier molecular flexibility index (Phi) is 6.46. The third-order valence-corrected chi connectivity index (χ3v) is 5.27. The fourth-order valence-corrected chi connectivity index (χ4v) is 3.65. The number of nitrogens with zero attached hydrogens (tertiary/aromatic N) is 4. The maximum atomic E-state index is 12.2. The highest BCUT2D eigenvalue weighted by Crippen LogP contribution is 2.28. The highest BCUT2D eigenvalue weighted by molar-refractivity contribution is 7.99. The standard InChI is InChI=1S/C21H25N5OS/c1-5-16(4)23-19(27)13-28-21-25-24-20(18-8-6-7-9-22-18)26(21)17-11-14(2)10-15(3)12-17/h6-12,16H,5,13H2,1-4H3,(H,23,27)/t16-/m1/s1. The number of carbonyl (C=O) groups is 1. The summed E-state index contributed by atoms with van der Waals surface area (Å²) in [6.07, 6.45) is 2.64. The summed E-state index contributed by atoms with van der Waals surface area (Å²) in [4.78, 5) is 16.6. The van der Waals surface area contributed by atoms with E-state index in [1.807, 2.05) is 36.6 Å². The molecule has 0 saturated heterocycles. The van der Waals surface area contributed by atoms with E-state index in [4.69, 9.17) is 0 Å². The van der Waals surface area contributed by atoms with Gasteiger partial charge in [-0.2, -0.15) is 0 Å². The molecular weight excluding hydrogens is 370 g/mol. The lowest BCUT2D eigenvalue weighted by Gasteiger charge is -2.13. The number of aromatic nitrogens is 4. The Morgan fingerprint density at radius 2 is 1.93 bits per heavy atom. The molecule has 0 unspecified atom stereocenters. The fraction of sp³-hybridized carbons (Fsp3) is 0.333. The zero-order chi connectivity index (χ0) is 20.1. The number of hydrogen-bond acceptors (Lipinski definition) is 5. The van der Waals surface area contributed by atoms with Gasteiger partial charge in [0.25, 0.3) is 0 Å². The second-order valence-electron chi connectivity index (χ2n) is 6.87. The van der Waals surface area contributed by atoms with E-state index in [0.717, 1.165) is 28.9 Å². The molecule has 3 aromatic rings. The van der Waals surface area contributed by atoms with Gasteiger partial charge in [0, 0.05) is 12.2 Å². The van der Waals surface area contributed by atoms with Crippen LogP contribution >= 0.6 is 11.8 Å². The molecule has 3 rings (SSSR count). The number of hydrogen-bond donors (Lipinski definition) is 1. The van der Waals surface area contributed by atoms with Crippen molar-refractivity contribution in [3.05, 3.63) is 53.7 Å². The van der Waals surface area contributed by atoms with Crippen molar-refractivity contribution in [1.82, 2.24) is 25.1 Å². The first-order valence-corrected chi connectivity index (χ1v) is 10.3. The largest absolute Gasteiger partial charge is 0.353 e. The number of rotatable bonds is 7. The SMILES string of the molecule is CC[C@@H](C)NC(=O)CSc1nnc(-c2ccccn2)n1-c1cc(C)cc(C)c1. The second-order valence-corrected chi connectivity index (χ2v) is 7.81. The molecule has 0 spiro atoms. The van der Waals surface area contributed by atoms with E-state index in [1.165, 1.54) is 11.8 Å². The van der Waals surface area contributed by atoms with Crippen molar-refractivity contribution < 1.29 is 4.79 Å². The minimum Gasteiger partial charge on any atom is -0.353 e. The molecule has 0 aliphatic rings. The van der Waals surface area contributed by atoms with Crippen molar-refractivity contribution in [2.75, 3.05) is 5.75 Å². The molecule has 146 valence electrons. The van der Waals surface area contributed by atoms with Crippen LogP contribution in [0.25, 0.3) is 17.2 Å².